The first-order valence-electron chi connectivity index (χ1n) is 10.5. The molecule has 2 N–H and O–H groups in total. The number of hydrogen-bond donors (Lipinski definition) is 2. The van der Waals surface area contributed by atoms with Gasteiger partial charge < -0.3 is 15.2 Å². The quantitative estimate of drug-likeness (QED) is 0.314. The number of hydrogen-bond acceptors (Lipinski definition) is 7. The molecular formula is C24H22FN5O3P2. The summed E-state index contributed by atoms with van der Waals surface area (Å²) in [4.78, 5) is 28.2. The maximum atomic E-state index is 14.1. The molecule has 4 rings (SSSR count). The Hall–Kier alpha value is -3.54. The minimum Gasteiger partial charge on any atom is -0.480 e. The highest BCUT2D eigenvalue weighted by Crippen LogP contribution is 2.39. The van der Waals surface area contributed by atoms with Gasteiger partial charge in [0.2, 0.25) is 5.88 Å². The molecule has 3 unspecified atom stereocenters. The van der Waals surface area contributed by atoms with Crippen LogP contribution in [0.5, 0.6) is 11.6 Å². The van der Waals surface area contributed by atoms with Crippen LogP contribution in [0, 0.1) is 0 Å². The smallest absolute Gasteiger partial charge is 0.326 e. The van der Waals surface area contributed by atoms with Crippen molar-refractivity contribution >= 4 is 30.3 Å². The number of nitrogens with one attached hydrogen (secondary N) is 1. The third-order valence-corrected chi connectivity index (χ3v) is 5.57. The molecule has 0 amide bonds. The highest BCUT2D eigenvalue weighted by Gasteiger charge is 2.22. The van der Waals surface area contributed by atoms with E-state index >= 15 is 0 Å². The lowest BCUT2D eigenvalue weighted by Gasteiger charge is -2.15. The molecule has 35 heavy (non-hydrogen) atoms. The van der Waals surface area contributed by atoms with Crippen molar-refractivity contribution in [3.63, 3.8) is 0 Å². The number of aliphatic carboxylic acids is 1. The van der Waals surface area contributed by atoms with Crippen LogP contribution in [0.3, 0.4) is 0 Å². The van der Waals surface area contributed by atoms with Crippen LogP contribution in [0.15, 0.2) is 79.4 Å². The lowest BCUT2D eigenvalue weighted by atomic mass is 10.1. The lowest BCUT2D eigenvalue weighted by Crippen LogP contribution is -2.31. The molecule has 0 fully saturated rings. The summed E-state index contributed by atoms with van der Waals surface area (Å²) in [7, 11) is 4.10. The lowest BCUT2D eigenvalue weighted by molar-refractivity contribution is -0.137. The third-order valence-electron chi connectivity index (χ3n) is 4.98. The van der Waals surface area contributed by atoms with Crippen LogP contribution in [0.25, 0.3) is 11.3 Å². The Morgan fingerprint density at radius 2 is 1.71 bits per heavy atom. The van der Waals surface area contributed by atoms with Crippen LogP contribution in [0.2, 0.25) is 0 Å². The summed E-state index contributed by atoms with van der Waals surface area (Å²) >= 11 is 0. The summed E-state index contributed by atoms with van der Waals surface area (Å²) in [5.74, 6) is 0.131. The van der Waals surface area contributed by atoms with Gasteiger partial charge in [-0.05, 0) is 29.8 Å². The molecule has 0 saturated heterocycles. The van der Waals surface area contributed by atoms with E-state index in [-0.39, 0.29) is 11.6 Å². The zero-order valence-electron chi connectivity index (χ0n) is 18.4. The number of halogens is 1. The molecule has 11 heteroatoms. The van der Waals surface area contributed by atoms with E-state index in [2.05, 4.69) is 25.3 Å². The average Bonchev–Trinajstić information content (AvgIpc) is 2.84. The maximum absolute atomic E-state index is 14.1. The van der Waals surface area contributed by atoms with E-state index in [4.69, 9.17) is 4.74 Å². The fourth-order valence-corrected chi connectivity index (χ4v) is 3.56. The highest BCUT2D eigenvalue weighted by molar-refractivity contribution is 7.38. The van der Waals surface area contributed by atoms with Gasteiger partial charge in [0, 0.05) is 24.1 Å². The number of anilines is 1. The van der Waals surface area contributed by atoms with Crippen LogP contribution in [0.1, 0.15) is 11.3 Å². The zero-order valence-corrected chi connectivity index (χ0v) is 20.7. The summed E-state index contributed by atoms with van der Waals surface area (Å²) in [6.45, 7) is 0. The Bertz CT molecular complexity index is 1300. The van der Waals surface area contributed by atoms with Crippen LogP contribution in [-0.2, 0) is 16.4 Å². The number of ether oxygens (including phenoxy) is 1. The van der Waals surface area contributed by atoms with E-state index in [1.807, 2.05) is 48.8 Å². The second kappa shape index (κ2) is 10.8. The molecule has 178 valence electrons. The van der Waals surface area contributed by atoms with Crippen LogP contribution in [0.4, 0.5) is 10.2 Å². The Morgan fingerprint density at radius 1 is 1.00 bits per heavy atom. The molecule has 2 heterocycles. The summed E-state index contributed by atoms with van der Waals surface area (Å²) in [5, 5.41) is 10.8. The summed E-state index contributed by atoms with van der Waals surface area (Å²) in [5.41, 5.74) is 2.44. The number of aromatic nitrogens is 4. The van der Waals surface area contributed by atoms with Crippen LogP contribution in [-0.4, -0.2) is 37.1 Å². The van der Waals surface area contributed by atoms with E-state index in [1.54, 1.807) is 30.3 Å². The molecule has 2 aromatic carbocycles. The molecular weight excluding hydrogens is 487 g/mol. The van der Waals surface area contributed by atoms with Crippen LogP contribution >= 0.6 is 18.5 Å². The largest absolute Gasteiger partial charge is 0.480 e. The van der Waals surface area contributed by atoms with Gasteiger partial charge >= 0.3 is 5.97 Å². The zero-order chi connectivity index (χ0) is 24.8. The van der Waals surface area contributed by atoms with Gasteiger partial charge in [0.15, 0.2) is 5.15 Å². The van der Waals surface area contributed by atoms with Gasteiger partial charge in [-0.3, -0.25) is 0 Å². The first kappa shape index (κ1) is 24.6. The van der Waals surface area contributed by atoms with Crippen LogP contribution < -0.4 is 10.1 Å². The van der Waals surface area contributed by atoms with Crippen molar-refractivity contribution < 1.29 is 19.0 Å². The highest BCUT2D eigenvalue weighted by atomic mass is 31.1. The van der Waals surface area contributed by atoms with E-state index in [0.29, 0.717) is 23.7 Å². The predicted octanol–water partition coefficient (Wildman–Crippen LogP) is 4.66. The monoisotopic (exact) mass is 509 g/mol. The summed E-state index contributed by atoms with van der Waals surface area (Å²) in [6.07, 6.45) is 2.92. The number of rotatable bonds is 9. The fraction of sp³-hybridized carbons (Fsp3) is 0.125. The first-order valence-corrected chi connectivity index (χ1v) is 11.7. The third kappa shape index (κ3) is 6.75. The van der Waals surface area contributed by atoms with Crippen molar-refractivity contribution in [1.82, 2.24) is 19.9 Å². The molecule has 0 radical (unpaired) electrons. The van der Waals surface area contributed by atoms with Crippen molar-refractivity contribution in [2.75, 3.05) is 5.32 Å². The number of nitrogens with zero attached hydrogens (tertiary/aromatic N) is 4. The normalized spacial score (nSPS) is 12.1. The van der Waals surface area contributed by atoms with E-state index in [9.17, 15) is 14.3 Å². The van der Waals surface area contributed by atoms with E-state index in [1.165, 1.54) is 18.7 Å². The number of carboxylic acids is 1. The molecule has 0 aliphatic rings. The van der Waals surface area contributed by atoms with Crippen molar-refractivity contribution in [3.05, 3.63) is 90.6 Å². The Labute approximate surface area is 205 Å². The Morgan fingerprint density at radius 3 is 2.40 bits per heavy atom. The second-order valence-electron chi connectivity index (χ2n) is 7.65. The number of benzene rings is 2. The summed E-state index contributed by atoms with van der Waals surface area (Å²) < 4.78 is 19.8. The average molecular weight is 509 g/mol. The summed E-state index contributed by atoms with van der Waals surface area (Å²) in [6, 6.07) is 18.7. The molecule has 8 nitrogen and oxygen atoms in total. The maximum Gasteiger partial charge on any atom is 0.326 e. The Balaban J connectivity index is 1.47. The molecule has 0 saturated carbocycles. The topological polar surface area (TPSA) is 110 Å². The van der Waals surface area contributed by atoms with Crippen molar-refractivity contribution in [2.24, 2.45) is 0 Å². The van der Waals surface area contributed by atoms with E-state index in [0.717, 1.165) is 11.1 Å². The predicted molar refractivity (Wildman–Crippen MR) is 137 cm³/mol. The van der Waals surface area contributed by atoms with Gasteiger partial charge in [0.05, 0.1) is 11.4 Å². The standard InChI is InChI=1S/C24H22FN5O3P2/c25-24(34,35)20-12-22(29-14-27-20)33-17-8-6-16(7-9-17)18-11-21(28-13-26-18)30-19(23(31)32)10-15-4-2-1-3-5-15/h1-9,11-14,19H,10,34-35H2,(H,31,32)(H,26,28,30). The second-order valence-corrected chi connectivity index (χ2v) is 10.00. The van der Waals surface area contributed by atoms with Gasteiger partial charge in [-0.25, -0.2) is 29.1 Å². The number of carbonyl (C=O) groups is 1. The van der Waals surface area contributed by atoms with Gasteiger partial charge in [-0.15, -0.1) is 0 Å². The van der Waals surface area contributed by atoms with Gasteiger partial charge in [-0.1, -0.05) is 48.8 Å². The van der Waals surface area contributed by atoms with Crippen molar-refractivity contribution in [3.8, 4) is 22.9 Å². The van der Waals surface area contributed by atoms with Gasteiger partial charge in [0.25, 0.3) is 0 Å². The Kier molecular flexibility index (Phi) is 7.59. The van der Waals surface area contributed by atoms with Crippen molar-refractivity contribution in [1.29, 1.82) is 0 Å². The minimum absolute atomic E-state index is 0.155. The first-order chi connectivity index (χ1) is 16.8. The molecule has 3 atom stereocenters. The molecule has 0 spiro atoms. The minimum atomic E-state index is -1.77. The van der Waals surface area contributed by atoms with Crippen molar-refractivity contribution in [2.45, 2.75) is 17.6 Å². The molecule has 4 aromatic rings. The molecule has 0 aliphatic carbocycles. The van der Waals surface area contributed by atoms with Gasteiger partial charge in [-0.2, -0.15) is 0 Å². The van der Waals surface area contributed by atoms with Gasteiger partial charge in [0.1, 0.15) is 30.3 Å². The number of alkyl halides is 1. The number of carboxylic acid groups (broad SMARTS) is 1. The molecule has 0 aliphatic heterocycles. The molecule has 0 bridgehead atoms. The fourth-order valence-electron chi connectivity index (χ4n) is 3.24. The molecule has 2 aromatic heterocycles. The van der Waals surface area contributed by atoms with E-state index < -0.39 is 17.2 Å². The SMILES string of the molecule is O=C(O)C(Cc1ccccc1)Nc1cc(-c2ccc(Oc3cc(C(F)(P)P)ncn3)cc2)ncn1.